The van der Waals surface area contributed by atoms with Crippen molar-refractivity contribution in [3.8, 4) is 0 Å². The number of rotatable bonds is 3. The van der Waals surface area contributed by atoms with E-state index in [1.807, 2.05) is 20.8 Å². The maximum Gasteiger partial charge on any atom is 0.284 e. The van der Waals surface area contributed by atoms with Crippen molar-refractivity contribution >= 4 is 0 Å². The predicted molar refractivity (Wildman–Crippen MR) is 46.6 cm³/mol. The summed E-state index contributed by atoms with van der Waals surface area (Å²) in [7, 11) is 0. The summed E-state index contributed by atoms with van der Waals surface area (Å²) < 4.78 is 29.8. The third kappa shape index (κ3) is 2.08. The Hall–Kier alpha value is -0.860. The molecular weight excluding hydrogens is 174 g/mol. The molecule has 0 N–H and O–H groups in total. The van der Waals surface area contributed by atoms with E-state index in [-0.39, 0.29) is 5.41 Å². The average Bonchev–Trinajstić information content (AvgIpc) is 2.30. The van der Waals surface area contributed by atoms with Crippen LogP contribution in [-0.4, -0.2) is 0 Å². The van der Waals surface area contributed by atoms with Gasteiger partial charge in [0.2, 0.25) is 0 Å². The van der Waals surface area contributed by atoms with Crippen molar-refractivity contribution in [1.29, 1.82) is 0 Å². The van der Waals surface area contributed by atoms with Gasteiger partial charge in [-0.1, -0.05) is 27.2 Å². The summed E-state index contributed by atoms with van der Waals surface area (Å²) in [6, 6.07) is -0.516. The zero-order valence-corrected chi connectivity index (χ0v) is 8.16. The molecule has 0 fully saturated rings. The van der Waals surface area contributed by atoms with Gasteiger partial charge in [0, 0.05) is 11.6 Å². The highest BCUT2D eigenvalue weighted by molar-refractivity contribution is 5.19. The van der Waals surface area contributed by atoms with Crippen molar-refractivity contribution in [2.75, 3.05) is 0 Å². The Kier molecular flexibility index (Phi) is 2.74. The molecule has 0 aromatic carbocycles. The van der Waals surface area contributed by atoms with Crippen LogP contribution in [-0.2, 0) is 5.41 Å². The molecule has 0 saturated carbocycles. The molecule has 1 nitrogen and oxygen atoms in total. The highest BCUT2D eigenvalue weighted by atomic mass is 19.2. The van der Waals surface area contributed by atoms with Gasteiger partial charge in [-0.15, -0.1) is 0 Å². The molecule has 13 heavy (non-hydrogen) atoms. The first kappa shape index (κ1) is 10.2. The molecule has 0 radical (unpaired) electrons. The molecule has 1 aromatic rings. The van der Waals surface area contributed by atoms with E-state index in [1.165, 1.54) is 0 Å². The molecule has 3 heteroatoms. The number of hydrogen-bond donors (Lipinski definition) is 0. The van der Waals surface area contributed by atoms with Crippen molar-refractivity contribution < 1.29 is 13.2 Å². The fourth-order valence-electron chi connectivity index (χ4n) is 1.56. The first-order valence-electron chi connectivity index (χ1n) is 4.42. The van der Waals surface area contributed by atoms with Gasteiger partial charge in [0.15, 0.2) is 0 Å². The summed E-state index contributed by atoms with van der Waals surface area (Å²) in [5, 5.41) is 0. The van der Waals surface area contributed by atoms with E-state index < -0.39 is 12.0 Å². The van der Waals surface area contributed by atoms with E-state index >= 15 is 0 Å². The minimum Gasteiger partial charge on any atom is -0.404 e. The lowest BCUT2D eigenvalue weighted by Crippen LogP contribution is -2.17. The highest BCUT2D eigenvalue weighted by Crippen LogP contribution is 2.31. The summed E-state index contributed by atoms with van der Waals surface area (Å²) in [4.78, 5) is 0. The van der Waals surface area contributed by atoms with Crippen molar-refractivity contribution in [3.63, 3.8) is 0 Å². The van der Waals surface area contributed by atoms with Crippen molar-refractivity contribution in [1.82, 2.24) is 0 Å². The standard InChI is InChI=1S/C10H14F2O/c1-4-5-10(2,3)7-6-8(11)13-9(7)12/h6H,4-5H2,1-3H3. The maximum atomic E-state index is 13.0. The molecule has 1 aromatic heterocycles. The van der Waals surface area contributed by atoms with Crippen LogP contribution in [0.3, 0.4) is 0 Å². The van der Waals surface area contributed by atoms with Gasteiger partial charge in [-0.05, 0) is 11.8 Å². The summed E-state index contributed by atoms with van der Waals surface area (Å²) in [6.45, 7) is 5.77. The minimum atomic E-state index is -0.850. The van der Waals surface area contributed by atoms with Crippen LogP contribution >= 0.6 is 0 Å². The van der Waals surface area contributed by atoms with Crippen LogP contribution in [0.15, 0.2) is 10.5 Å². The summed E-state index contributed by atoms with van der Waals surface area (Å²) >= 11 is 0. The Morgan fingerprint density at radius 1 is 1.38 bits per heavy atom. The first-order valence-corrected chi connectivity index (χ1v) is 4.42. The van der Waals surface area contributed by atoms with Crippen LogP contribution in [0, 0.1) is 12.0 Å². The van der Waals surface area contributed by atoms with E-state index in [0.717, 1.165) is 18.9 Å². The normalized spacial score (nSPS) is 12.1. The predicted octanol–water partition coefficient (Wildman–Crippen LogP) is 3.64. The summed E-state index contributed by atoms with van der Waals surface area (Å²) in [5.41, 5.74) is -0.0287. The van der Waals surface area contributed by atoms with Crippen LogP contribution in [0.1, 0.15) is 39.2 Å². The minimum absolute atomic E-state index is 0.326. The van der Waals surface area contributed by atoms with Gasteiger partial charge in [-0.2, -0.15) is 8.78 Å². The molecule has 0 saturated heterocycles. The van der Waals surface area contributed by atoms with E-state index in [2.05, 4.69) is 4.42 Å². The maximum absolute atomic E-state index is 13.0. The monoisotopic (exact) mass is 188 g/mol. The quantitative estimate of drug-likeness (QED) is 0.705. The van der Waals surface area contributed by atoms with Crippen LogP contribution in [0.4, 0.5) is 8.78 Å². The summed E-state index contributed by atoms with van der Waals surface area (Å²) in [5.74, 6) is 0. The molecule has 0 aliphatic heterocycles. The van der Waals surface area contributed by atoms with Gasteiger partial charge in [-0.3, -0.25) is 0 Å². The van der Waals surface area contributed by atoms with Crippen molar-refractivity contribution in [2.45, 2.75) is 39.0 Å². The van der Waals surface area contributed by atoms with Gasteiger partial charge in [-0.25, -0.2) is 0 Å². The Morgan fingerprint density at radius 3 is 2.38 bits per heavy atom. The lowest BCUT2D eigenvalue weighted by molar-refractivity contribution is 0.258. The SMILES string of the molecule is CCCC(C)(C)c1cc(F)oc1F. The van der Waals surface area contributed by atoms with Crippen LogP contribution in [0.5, 0.6) is 0 Å². The fourth-order valence-corrected chi connectivity index (χ4v) is 1.56. The van der Waals surface area contributed by atoms with Crippen molar-refractivity contribution in [2.24, 2.45) is 0 Å². The van der Waals surface area contributed by atoms with Gasteiger partial charge in [0.05, 0.1) is 0 Å². The molecule has 1 heterocycles. The zero-order chi connectivity index (χ0) is 10.1. The molecule has 74 valence electrons. The highest BCUT2D eigenvalue weighted by Gasteiger charge is 2.26. The van der Waals surface area contributed by atoms with Gasteiger partial charge < -0.3 is 4.42 Å². The number of furan rings is 1. The Balaban J connectivity index is 2.98. The third-order valence-corrected chi connectivity index (χ3v) is 2.26. The molecule has 0 amide bonds. The van der Waals surface area contributed by atoms with Crippen LogP contribution in [0.2, 0.25) is 0 Å². The molecule has 0 aliphatic carbocycles. The smallest absolute Gasteiger partial charge is 0.284 e. The van der Waals surface area contributed by atoms with Gasteiger partial charge in [0.1, 0.15) is 0 Å². The van der Waals surface area contributed by atoms with E-state index in [4.69, 9.17) is 0 Å². The molecule has 0 spiro atoms. The second kappa shape index (κ2) is 3.48. The summed E-state index contributed by atoms with van der Waals surface area (Å²) in [6.07, 6.45) is 1.74. The Morgan fingerprint density at radius 2 is 2.00 bits per heavy atom. The Bertz CT molecular complexity index is 289. The molecule has 0 atom stereocenters. The molecule has 1 rings (SSSR count). The van der Waals surface area contributed by atoms with E-state index in [9.17, 15) is 8.78 Å². The van der Waals surface area contributed by atoms with Crippen molar-refractivity contribution in [3.05, 3.63) is 23.7 Å². The van der Waals surface area contributed by atoms with Crippen LogP contribution < -0.4 is 0 Å². The second-order valence-electron chi connectivity index (χ2n) is 3.87. The van der Waals surface area contributed by atoms with Gasteiger partial charge in [0.25, 0.3) is 12.0 Å². The van der Waals surface area contributed by atoms with E-state index in [1.54, 1.807) is 0 Å². The molecular formula is C10H14F2O. The molecule has 0 bridgehead atoms. The molecule has 0 unspecified atom stereocenters. The average molecular weight is 188 g/mol. The number of hydrogen-bond acceptors (Lipinski definition) is 1. The number of halogens is 2. The third-order valence-electron chi connectivity index (χ3n) is 2.26. The lowest BCUT2D eigenvalue weighted by atomic mass is 9.82. The topological polar surface area (TPSA) is 13.1 Å². The van der Waals surface area contributed by atoms with Crippen LogP contribution in [0.25, 0.3) is 0 Å². The largest absolute Gasteiger partial charge is 0.404 e. The molecule has 0 aliphatic rings. The first-order chi connectivity index (χ1) is 5.97. The van der Waals surface area contributed by atoms with Gasteiger partial charge >= 0.3 is 0 Å². The fraction of sp³-hybridized carbons (Fsp3) is 0.600. The second-order valence-corrected chi connectivity index (χ2v) is 3.87. The Labute approximate surface area is 76.7 Å². The van der Waals surface area contributed by atoms with E-state index in [0.29, 0.717) is 5.56 Å². The zero-order valence-electron chi connectivity index (χ0n) is 8.16. The lowest BCUT2D eigenvalue weighted by Gasteiger charge is -2.21.